The van der Waals surface area contributed by atoms with Crippen LogP contribution in [-0.4, -0.2) is 40.0 Å². The zero-order valence-corrected chi connectivity index (χ0v) is 13.4. The van der Waals surface area contributed by atoms with Crippen LogP contribution in [0.4, 0.5) is 0 Å². The highest BCUT2D eigenvalue weighted by Gasteiger charge is 2.52. The molecule has 2 aromatic rings. The van der Waals surface area contributed by atoms with Crippen molar-refractivity contribution in [3.63, 3.8) is 0 Å². The fourth-order valence-corrected chi connectivity index (χ4v) is 2.36. The van der Waals surface area contributed by atoms with Gasteiger partial charge in [0.05, 0.1) is 22.9 Å². The monoisotopic (exact) mass is 300 g/mol. The number of H-pyrrole nitrogens is 1. The van der Waals surface area contributed by atoms with Crippen LogP contribution in [0.3, 0.4) is 0 Å². The van der Waals surface area contributed by atoms with Crippen molar-refractivity contribution in [3.05, 3.63) is 29.5 Å². The van der Waals surface area contributed by atoms with E-state index in [4.69, 9.17) is 15.0 Å². The Balaban J connectivity index is 1.90. The summed E-state index contributed by atoms with van der Waals surface area (Å²) in [5, 5.41) is 6.89. The summed E-state index contributed by atoms with van der Waals surface area (Å²) < 4.78 is 12.1. The molecule has 0 aromatic carbocycles. The van der Waals surface area contributed by atoms with E-state index in [-0.39, 0.29) is 11.2 Å². The minimum Gasteiger partial charge on any atom is -0.400 e. The third-order valence-corrected chi connectivity index (χ3v) is 4.46. The van der Waals surface area contributed by atoms with Gasteiger partial charge in [-0.05, 0) is 44.8 Å². The third kappa shape index (κ3) is 2.56. The van der Waals surface area contributed by atoms with Crippen LogP contribution >= 0.6 is 0 Å². The molecule has 0 bridgehead atoms. The van der Waals surface area contributed by atoms with Gasteiger partial charge in [0.2, 0.25) is 0 Å². The molecule has 0 radical (unpaired) electrons. The number of rotatable bonds is 3. The van der Waals surface area contributed by atoms with Crippen LogP contribution in [0.15, 0.2) is 23.9 Å². The largest absolute Gasteiger partial charge is 0.491 e. The zero-order valence-electron chi connectivity index (χ0n) is 13.4. The van der Waals surface area contributed by atoms with Crippen LogP contribution in [-0.2, 0) is 9.31 Å². The van der Waals surface area contributed by atoms with Crippen LogP contribution < -0.4 is 5.73 Å². The lowest BCUT2D eigenvalue weighted by molar-refractivity contribution is 0.00578. The van der Waals surface area contributed by atoms with E-state index < -0.39 is 7.12 Å². The highest BCUT2D eigenvalue weighted by Crippen LogP contribution is 2.38. The maximum atomic E-state index is 6.05. The second-order valence-electron chi connectivity index (χ2n) is 6.58. The van der Waals surface area contributed by atoms with E-state index in [1.54, 1.807) is 12.4 Å². The molecule has 3 rings (SSSR count). The average Bonchev–Trinajstić information content (AvgIpc) is 2.98. The summed E-state index contributed by atoms with van der Waals surface area (Å²) in [5.41, 5.74) is 8.69. The maximum absolute atomic E-state index is 6.05. The maximum Gasteiger partial charge on any atom is 0.491 e. The van der Waals surface area contributed by atoms with Crippen LogP contribution in [0.25, 0.3) is 17.1 Å². The van der Waals surface area contributed by atoms with Gasteiger partial charge in [-0.25, -0.2) is 0 Å². The Hall–Kier alpha value is -1.70. The fraction of sp³-hybridized carbons (Fsp3) is 0.467. The number of aromatic amines is 1. The van der Waals surface area contributed by atoms with Gasteiger partial charge in [-0.3, -0.25) is 10.1 Å². The molecule has 0 amide bonds. The van der Waals surface area contributed by atoms with Gasteiger partial charge in [0, 0.05) is 12.7 Å². The van der Waals surface area contributed by atoms with Crippen LogP contribution in [0.1, 0.15) is 33.3 Å². The lowest BCUT2D eigenvalue weighted by Crippen LogP contribution is -2.41. The zero-order chi connectivity index (χ0) is 16.0. The third-order valence-electron chi connectivity index (χ3n) is 4.46. The molecule has 1 fully saturated rings. The van der Waals surface area contributed by atoms with Gasteiger partial charge in [-0.15, -0.1) is 0 Å². The van der Waals surface area contributed by atoms with Crippen molar-refractivity contribution in [2.75, 3.05) is 6.54 Å². The van der Waals surface area contributed by atoms with Crippen molar-refractivity contribution >= 4 is 24.2 Å². The standard InChI is InChI=1S/C15H21BN4O2/c1-14(2)15(3,4)22-16(21-14)11(7-17)5-10-6-12-13(18-8-10)9-19-20-12/h5-6,8-9H,7,17H2,1-4H3,(H,19,20). The van der Waals surface area contributed by atoms with Crippen LogP contribution in [0.2, 0.25) is 0 Å². The number of pyridine rings is 1. The molecule has 0 unspecified atom stereocenters. The number of nitrogens with zero attached hydrogens (tertiary/aromatic N) is 2. The Morgan fingerprint density at radius 1 is 1.27 bits per heavy atom. The fourth-order valence-electron chi connectivity index (χ4n) is 2.36. The van der Waals surface area contributed by atoms with E-state index in [9.17, 15) is 0 Å². The summed E-state index contributed by atoms with van der Waals surface area (Å²) in [6.07, 6.45) is 5.45. The van der Waals surface area contributed by atoms with Crippen LogP contribution in [0.5, 0.6) is 0 Å². The molecule has 0 saturated carbocycles. The predicted molar refractivity (Wildman–Crippen MR) is 87.0 cm³/mol. The molecule has 1 aliphatic heterocycles. The SMILES string of the molecule is CC1(C)OB(C(=Cc2cnc3cn[nH]c3c2)CN)OC1(C)C. The van der Waals surface area contributed by atoms with Gasteiger partial charge in [0.15, 0.2) is 0 Å². The van der Waals surface area contributed by atoms with Crippen molar-refractivity contribution < 1.29 is 9.31 Å². The smallest absolute Gasteiger partial charge is 0.400 e. The molecule has 6 nitrogen and oxygen atoms in total. The van der Waals surface area contributed by atoms with Gasteiger partial charge >= 0.3 is 7.12 Å². The Morgan fingerprint density at radius 2 is 1.95 bits per heavy atom. The molecule has 3 heterocycles. The summed E-state index contributed by atoms with van der Waals surface area (Å²) in [4.78, 5) is 4.35. The van der Waals surface area contributed by atoms with E-state index in [0.29, 0.717) is 6.54 Å². The first kappa shape index (κ1) is 15.2. The summed E-state index contributed by atoms with van der Waals surface area (Å²) in [6.45, 7) is 8.47. The van der Waals surface area contributed by atoms with Gasteiger partial charge in [0.25, 0.3) is 0 Å². The summed E-state index contributed by atoms with van der Waals surface area (Å²) >= 11 is 0. The molecule has 1 saturated heterocycles. The number of aromatic nitrogens is 3. The summed E-state index contributed by atoms with van der Waals surface area (Å²) in [6, 6.07) is 1.98. The topological polar surface area (TPSA) is 86.1 Å². The minimum atomic E-state index is -0.438. The van der Waals surface area contributed by atoms with E-state index >= 15 is 0 Å². The van der Waals surface area contributed by atoms with E-state index in [1.165, 1.54) is 0 Å². The second-order valence-corrected chi connectivity index (χ2v) is 6.58. The van der Waals surface area contributed by atoms with Crippen molar-refractivity contribution in [2.24, 2.45) is 5.73 Å². The molecule has 22 heavy (non-hydrogen) atoms. The first-order valence-electron chi connectivity index (χ1n) is 7.38. The average molecular weight is 300 g/mol. The number of hydrogen-bond acceptors (Lipinski definition) is 5. The number of nitrogens with one attached hydrogen (secondary N) is 1. The minimum absolute atomic E-state index is 0.359. The van der Waals surface area contributed by atoms with Crippen LogP contribution in [0, 0.1) is 0 Å². The van der Waals surface area contributed by atoms with Gasteiger partial charge in [-0.1, -0.05) is 6.08 Å². The molecular weight excluding hydrogens is 279 g/mol. The second kappa shape index (κ2) is 5.19. The lowest BCUT2D eigenvalue weighted by Gasteiger charge is -2.32. The van der Waals surface area contributed by atoms with Gasteiger partial charge in [-0.2, -0.15) is 5.10 Å². The molecule has 7 heteroatoms. The van der Waals surface area contributed by atoms with Gasteiger partial charge < -0.3 is 15.0 Å². The molecular formula is C15H21BN4O2. The quantitative estimate of drug-likeness (QED) is 0.846. The molecule has 0 aliphatic carbocycles. The van der Waals surface area contributed by atoms with E-state index in [2.05, 4.69) is 15.2 Å². The highest BCUT2D eigenvalue weighted by molar-refractivity contribution is 6.55. The Labute approximate surface area is 130 Å². The molecule has 1 aliphatic rings. The number of fused-ring (bicyclic) bond motifs is 1. The lowest BCUT2D eigenvalue weighted by atomic mass is 9.77. The Morgan fingerprint density at radius 3 is 2.59 bits per heavy atom. The normalized spacial score (nSPS) is 20.8. The Kier molecular flexibility index (Phi) is 3.59. The first-order chi connectivity index (χ1) is 10.3. The molecule has 0 spiro atoms. The molecule has 3 N–H and O–H groups in total. The van der Waals surface area contributed by atoms with Gasteiger partial charge in [0.1, 0.15) is 5.52 Å². The van der Waals surface area contributed by atoms with E-state index in [0.717, 1.165) is 22.1 Å². The summed E-state index contributed by atoms with van der Waals surface area (Å²) in [7, 11) is -0.438. The van der Waals surface area contributed by atoms with Crippen molar-refractivity contribution in [1.82, 2.24) is 15.2 Å². The molecule has 0 atom stereocenters. The highest BCUT2D eigenvalue weighted by atomic mass is 16.7. The van der Waals surface area contributed by atoms with Crippen molar-refractivity contribution in [2.45, 2.75) is 38.9 Å². The first-order valence-corrected chi connectivity index (χ1v) is 7.38. The van der Waals surface area contributed by atoms with Crippen molar-refractivity contribution in [3.8, 4) is 0 Å². The summed E-state index contributed by atoms with van der Waals surface area (Å²) in [5.74, 6) is 0. The Bertz CT molecular complexity index is 707. The van der Waals surface area contributed by atoms with E-state index in [1.807, 2.05) is 39.8 Å². The van der Waals surface area contributed by atoms with Crippen molar-refractivity contribution in [1.29, 1.82) is 0 Å². The molecule has 2 aromatic heterocycles. The predicted octanol–water partition coefficient (Wildman–Crippen LogP) is 1.93. The molecule has 116 valence electrons. The number of hydrogen-bond donors (Lipinski definition) is 2. The number of nitrogens with two attached hydrogens (primary N) is 1.